The molecule has 1 amide bonds. The Kier molecular flexibility index (Phi) is 8.07. The van der Waals surface area contributed by atoms with E-state index in [1.807, 2.05) is 41.0 Å². The minimum atomic E-state index is -0.254. The third-order valence-corrected chi connectivity index (χ3v) is 6.80. The van der Waals surface area contributed by atoms with E-state index in [1.54, 1.807) is 31.4 Å². The van der Waals surface area contributed by atoms with Gasteiger partial charge in [0.15, 0.2) is 11.0 Å². The molecule has 9 heteroatoms. The first-order chi connectivity index (χ1) is 18.2. The molecular weight excluding hydrogens is 498 g/mol. The average molecular weight is 530 g/mol. The van der Waals surface area contributed by atoms with Crippen LogP contribution >= 0.6 is 11.8 Å². The van der Waals surface area contributed by atoms with Gasteiger partial charge in [0.05, 0.1) is 18.6 Å². The first kappa shape index (κ1) is 26.8. The van der Waals surface area contributed by atoms with E-state index in [2.05, 4.69) is 60.5 Å². The first-order valence-corrected chi connectivity index (χ1v) is 13.0. The molecule has 4 rings (SSSR count). The van der Waals surface area contributed by atoms with E-state index in [1.165, 1.54) is 17.3 Å². The molecule has 0 unspecified atom stereocenters. The smallest absolute Gasteiger partial charge is 0.248 e. The molecule has 0 aliphatic heterocycles. The van der Waals surface area contributed by atoms with Crippen LogP contribution in [0.5, 0.6) is 11.5 Å². The van der Waals surface area contributed by atoms with E-state index in [0.29, 0.717) is 16.7 Å². The Morgan fingerprint density at radius 2 is 1.63 bits per heavy atom. The number of aromatic nitrogens is 3. The molecule has 38 heavy (non-hydrogen) atoms. The second kappa shape index (κ2) is 11.4. The number of hydrogen-bond donors (Lipinski definition) is 3. The molecule has 4 aromatic rings. The van der Waals surface area contributed by atoms with Gasteiger partial charge in [0.1, 0.15) is 11.5 Å². The molecular formula is C29H31N5O3S. The van der Waals surface area contributed by atoms with Gasteiger partial charge in [0, 0.05) is 11.3 Å². The van der Waals surface area contributed by atoms with Crippen LogP contribution < -0.4 is 15.6 Å². The molecule has 1 aromatic heterocycles. The highest BCUT2D eigenvalue weighted by Gasteiger charge is 2.19. The van der Waals surface area contributed by atoms with Crippen LogP contribution in [0.3, 0.4) is 0 Å². The molecule has 0 spiro atoms. The fraction of sp³-hybridized carbons (Fsp3) is 0.207. The number of methoxy groups -OCH3 is 1. The molecule has 0 fully saturated rings. The third kappa shape index (κ3) is 6.36. The Balaban J connectivity index is 1.52. The normalized spacial score (nSPS) is 11.2. The number of carbonyl (C=O) groups is 1. The SMILES string of the molecule is C=C(NNC(=O)CSc1nnc(-c2ccc(C(C)(C)C)cc2)n1-c1ccc(OC)cc1)c1ccc(O)cc1. The van der Waals surface area contributed by atoms with Gasteiger partial charge >= 0.3 is 0 Å². The summed E-state index contributed by atoms with van der Waals surface area (Å²) in [6, 6.07) is 22.5. The van der Waals surface area contributed by atoms with Crippen LogP contribution in [0, 0.1) is 0 Å². The molecule has 0 aliphatic rings. The molecule has 196 valence electrons. The lowest BCUT2D eigenvalue weighted by atomic mass is 9.87. The van der Waals surface area contributed by atoms with Gasteiger partial charge < -0.3 is 9.84 Å². The monoisotopic (exact) mass is 529 g/mol. The first-order valence-electron chi connectivity index (χ1n) is 12.0. The summed E-state index contributed by atoms with van der Waals surface area (Å²) in [7, 11) is 1.63. The Labute approximate surface area is 226 Å². The second-order valence-electron chi connectivity index (χ2n) is 9.65. The van der Waals surface area contributed by atoms with Crippen molar-refractivity contribution in [1.29, 1.82) is 0 Å². The summed E-state index contributed by atoms with van der Waals surface area (Å²) >= 11 is 1.28. The maximum Gasteiger partial charge on any atom is 0.248 e. The highest BCUT2D eigenvalue weighted by molar-refractivity contribution is 7.99. The number of amides is 1. The number of nitrogens with zero attached hydrogens (tertiary/aromatic N) is 3. The number of hydrogen-bond acceptors (Lipinski definition) is 7. The highest BCUT2D eigenvalue weighted by atomic mass is 32.2. The van der Waals surface area contributed by atoms with Crippen LogP contribution in [-0.2, 0) is 10.2 Å². The average Bonchev–Trinajstić information content (AvgIpc) is 3.34. The van der Waals surface area contributed by atoms with Crippen molar-refractivity contribution in [2.45, 2.75) is 31.3 Å². The molecule has 3 aromatic carbocycles. The number of rotatable bonds is 9. The fourth-order valence-electron chi connectivity index (χ4n) is 3.68. The van der Waals surface area contributed by atoms with E-state index >= 15 is 0 Å². The van der Waals surface area contributed by atoms with Crippen molar-refractivity contribution < 1.29 is 14.6 Å². The van der Waals surface area contributed by atoms with Crippen LogP contribution in [0.15, 0.2) is 84.5 Å². The number of benzene rings is 3. The third-order valence-electron chi connectivity index (χ3n) is 5.87. The predicted molar refractivity (Wildman–Crippen MR) is 151 cm³/mol. The summed E-state index contributed by atoms with van der Waals surface area (Å²) < 4.78 is 7.25. The number of carbonyl (C=O) groups excluding carboxylic acids is 1. The Bertz CT molecular complexity index is 1410. The predicted octanol–water partition coefficient (Wildman–Crippen LogP) is 5.33. The van der Waals surface area contributed by atoms with Crippen molar-refractivity contribution in [2.24, 2.45) is 0 Å². The maximum atomic E-state index is 12.6. The van der Waals surface area contributed by atoms with Crippen molar-refractivity contribution in [3.8, 4) is 28.6 Å². The van der Waals surface area contributed by atoms with Gasteiger partial charge in [-0.25, -0.2) is 0 Å². The van der Waals surface area contributed by atoms with Crippen molar-refractivity contribution in [3.63, 3.8) is 0 Å². The van der Waals surface area contributed by atoms with Gasteiger partial charge in [-0.05, 0) is 65.1 Å². The molecule has 0 saturated heterocycles. The van der Waals surface area contributed by atoms with Crippen LogP contribution in [0.2, 0.25) is 0 Å². The maximum absolute atomic E-state index is 12.6. The van der Waals surface area contributed by atoms with Crippen molar-refractivity contribution in [2.75, 3.05) is 12.9 Å². The van der Waals surface area contributed by atoms with E-state index in [-0.39, 0.29) is 22.8 Å². The zero-order chi connectivity index (χ0) is 27.3. The fourth-order valence-corrected chi connectivity index (χ4v) is 4.43. The van der Waals surface area contributed by atoms with Crippen molar-refractivity contribution in [3.05, 3.63) is 90.5 Å². The van der Waals surface area contributed by atoms with Crippen LogP contribution in [-0.4, -0.2) is 38.6 Å². The van der Waals surface area contributed by atoms with Gasteiger partial charge in [-0.3, -0.25) is 20.2 Å². The Morgan fingerprint density at radius 3 is 2.24 bits per heavy atom. The number of nitrogens with one attached hydrogen (secondary N) is 2. The zero-order valence-corrected chi connectivity index (χ0v) is 22.7. The molecule has 3 N–H and O–H groups in total. The van der Waals surface area contributed by atoms with Gasteiger partial charge in [-0.2, -0.15) is 0 Å². The van der Waals surface area contributed by atoms with Crippen molar-refractivity contribution >= 4 is 23.4 Å². The largest absolute Gasteiger partial charge is 0.508 e. The van der Waals surface area contributed by atoms with Crippen LogP contribution in [0.1, 0.15) is 31.9 Å². The number of aromatic hydroxyl groups is 1. The van der Waals surface area contributed by atoms with Crippen LogP contribution in [0.25, 0.3) is 22.8 Å². The Hall–Kier alpha value is -4.24. The van der Waals surface area contributed by atoms with Gasteiger partial charge in [-0.15, -0.1) is 10.2 Å². The lowest BCUT2D eigenvalue weighted by Gasteiger charge is -2.19. The van der Waals surface area contributed by atoms with Crippen molar-refractivity contribution in [1.82, 2.24) is 25.6 Å². The summed E-state index contributed by atoms with van der Waals surface area (Å²) in [5.74, 6) is 1.43. The molecule has 0 bridgehead atoms. The second-order valence-corrected chi connectivity index (χ2v) is 10.6. The number of ether oxygens (including phenoxy) is 1. The van der Waals surface area contributed by atoms with E-state index in [4.69, 9.17) is 4.74 Å². The van der Waals surface area contributed by atoms with Gasteiger partial charge in [0.25, 0.3) is 0 Å². The summed E-state index contributed by atoms with van der Waals surface area (Å²) in [6.45, 7) is 10.5. The standard InChI is InChI=1S/C29H31N5O3S/c1-19(20-8-14-24(35)15-9-20)30-31-26(36)18-38-28-33-32-27(21-6-10-22(11-7-21)29(2,3)4)34(28)23-12-16-25(37-5)17-13-23/h6-17,30,35H,1,18H2,2-5H3,(H,31,36). The lowest BCUT2D eigenvalue weighted by molar-refractivity contribution is -0.119. The van der Waals surface area contributed by atoms with E-state index in [9.17, 15) is 9.90 Å². The minimum absolute atomic E-state index is 0.0399. The lowest BCUT2D eigenvalue weighted by Crippen LogP contribution is -2.37. The number of phenols is 1. The summed E-state index contributed by atoms with van der Waals surface area (Å²) in [4.78, 5) is 12.6. The summed E-state index contributed by atoms with van der Waals surface area (Å²) in [5.41, 5.74) is 9.76. The molecule has 0 saturated carbocycles. The van der Waals surface area contributed by atoms with Gasteiger partial charge in [0.2, 0.25) is 5.91 Å². The summed E-state index contributed by atoms with van der Waals surface area (Å²) in [6.07, 6.45) is 0. The van der Waals surface area contributed by atoms with Gasteiger partial charge in [-0.1, -0.05) is 63.4 Å². The summed E-state index contributed by atoms with van der Waals surface area (Å²) in [5, 5.41) is 18.9. The zero-order valence-electron chi connectivity index (χ0n) is 21.9. The van der Waals surface area contributed by atoms with E-state index < -0.39 is 0 Å². The molecule has 8 nitrogen and oxygen atoms in total. The van der Waals surface area contributed by atoms with E-state index in [0.717, 1.165) is 22.6 Å². The highest BCUT2D eigenvalue weighted by Crippen LogP contribution is 2.30. The Morgan fingerprint density at radius 1 is 0.974 bits per heavy atom. The number of thioether (sulfide) groups is 1. The molecule has 0 atom stereocenters. The molecule has 0 radical (unpaired) electrons. The topological polar surface area (TPSA) is 101 Å². The number of phenolic OH excluding ortho intramolecular Hbond substituents is 1. The van der Waals surface area contributed by atoms with Crippen LogP contribution in [0.4, 0.5) is 0 Å². The minimum Gasteiger partial charge on any atom is -0.508 e. The molecule has 1 heterocycles. The number of hydrazine groups is 1. The quantitative estimate of drug-likeness (QED) is 0.199. The molecule has 0 aliphatic carbocycles.